The van der Waals surface area contributed by atoms with E-state index in [1.54, 1.807) is 37.4 Å². The SMILES string of the molecule is CNC(=O)c1cccc(NC(=O)Cc2ccc(Cl)cc2)c1C. The molecule has 0 bridgehead atoms. The number of hydrogen-bond acceptors (Lipinski definition) is 2. The van der Waals surface area contributed by atoms with Crippen LogP contribution in [0.3, 0.4) is 0 Å². The van der Waals surface area contributed by atoms with Gasteiger partial charge in [-0.1, -0.05) is 29.8 Å². The van der Waals surface area contributed by atoms with Crippen LogP contribution < -0.4 is 10.6 Å². The Balaban J connectivity index is 2.11. The Labute approximate surface area is 134 Å². The normalized spacial score (nSPS) is 10.1. The van der Waals surface area contributed by atoms with Crippen LogP contribution in [0.1, 0.15) is 21.5 Å². The summed E-state index contributed by atoms with van der Waals surface area (Å²) in [7, 11) is 1.58. The minimum Gasteiger partial charge on any atom is -0.355 e. The van der Waals surface area contributed by atoms with E-state index in [1.807, 2.05) is 19.1 Å². The molecule has 0 spiro atoms. The molecule has 0 fully saturated rings. The third-order valence-electron chi connectivity index (χ3n) is 3.36. The summed E-state index contributed by atoms with van der Waals surface area (Å²) in [4.78, 5) is 23.9. The predicted octanol–water partition coefficient (Wildman–Crippen LogP) is 3.19. The van der Waals surface area contributed by atoms with Gasteiger partial charge >= 0.3 is 0 Å². The molecule has 0 aliphatic rings. The van der Waals surface area contributed by atoms with Crippen LogP contribution in [0.4, 0.5) is 5.69 Å². The number of carbonyl (C=O) groups is 2. The molecule has 2 aromatic carbocycles. The average molecular weight is 317 g/mol. The molecule has 114 valence electrons. The van der Waals surface area contributed by atoms with Gasteiger partial charge in [-0.15, -0.1) is 0 Å². The molecule has 0 aromatic heterocycles. The standard InChI is InChI=1S/C17H17ClN2O2/c1-11-14(17(22)19-2)4-3-5-15(11)20-16(21)10-12-6-8-13(18)9-7-12/h3-9H,10H2,1-2H3,(H,19,22)(H,20,21). The Hall–Kier alpha value is -2.33. The van der Waals surface area contributed by atoms with Crippen LogP contribution in [-0.2, 0) is 11.2 Å². The zero-order valence-electron chi connectivity index (χ0n) is 12.4. The minimum atomic E-state index is -0.175. The van der Waals surface area contributed by atoms with Crippen LogP contribution in [0.5, 0.6) is 0 Å². The molecule has 0 saturated heterocycles. The smallest absolute Gasteiger partial charge is 0.251 e. The van der Waals surface area contributed by atoms with Crippen molar-refractivity contribution in [3.05, 3.63) is 64.2 Å². The molecule has 0 radical (unpaired) electrons. The van der Waals surface area contributed by atoms with E-state index in [2.05, 4.69) is 10.6 Å². The highest BCUT2D eigenvalue weighted by Gasteiger charge is 2.12. The van der Waals surface area contributed by atoms with E-state index >= 15 is 0 Å². The Morgan fingerprint density at radius 1 is 1.09 bits per heavy atom. The van der Waals surface area contributed by atoms with E-state index in [1.165, 1.54) is 0 Å². The molecule has 2 rings (SSSR count). The number of nitrogens with one attached hydrogen (secondary N) is 2. The van der Waals surface area contributed by atoms with Gasteiger partial charge in [0.2, 0.25) is 5.91 Å². The molecule has 2 amide bonds. The van der Waals surface area contributed by atoms with E-state index in [0.29, 0.717) is 16.3 Å². The molecule has 2 aromatic rings. The van der Waals surface area contributed by atoms with Gasteiger partial charge in [0.1, 0.15) is 0 Å². The molecule has 0 saturated carbocycles. The first-order valence-corrected chi connectivity index (χ1v) is 7.25. The molecule has 4 nitrogen and oxygen atoms in total. The van der Waals surface area contributed by atoms with Crippen LogP contribution in [0.15, 0.2) is 42.5 Å². The van der Waals surface area contributed by atoms with Gasteiger partial charge in [0.05, 0.1) is 6.42 Å². The van der Waals surface area contributed by atoms with Crippen molar-refractivity contribution in [2.75, 3.05) is 12.4 Å². The van der Waals surface area contributed by atoms with Crippen LogP contribution >= 0.6 is 11.6 Å². The van der Waals surface area contributed by atoms with Crippen molar-refractivity contribution in [2.45, 2.75) is 13.3 Å². The summed E-state index contributed by atoms with van der Waals surface area (Å²) in [6, 6.07) is 12.4. The largest absolute Gasteiger partial charge is 0.355 e. The Kier molecular flexibility index (Phi) is 5.17. The number of amides is 2. The number of halogens is 1. The first-order chi connectivity index (χ1) is 10.5. The van der Waals surface area contributed by atoms with Crippen molar-refractivity contribution in [1.82, 2.24) is 5.32 Å². The van der Waals surface area contributed by atoms with Crippen LogP contribution in [0, 0.1) is 6.92 Å². The summed E-state index contributed by atoms with van der Waals surface area (Å²) in [5, 5.41) is 6.06. The first kappa shape index (κ1) is 16.0. The van der Waals surface area contributed by atoms with Crippen LogP contribution in [0.2, 0.25) is 5.02 Å². The molecule has 0 aliphatic heterocycles. The predicted molar refractivity (Wildman–Crippen MR) is 88.4 cm³/mol. The van der Waals surface area contributed by atoms with Crippen molar-refractivity contribution in [3.8, 4) is 0 Å². The van der Waals surface area contributed by atoms with E-state index in [4.69, 9.17) is 11.6 Å². The van der Waals surface area contributed by atoms with Gasteiger partial charge in [-0.05, 0) is 42.3 Å². The van der Waals surface area contributed by atoms with Crippen molar-refractivity contribution >= 4 is 29.1 Å². The molecular formula is C17H17ClN2O2. The summed E-state index contributed by atoms with van der Waals surface area (Å²) in [5.41, 5.74) is 2.81. The third-order valence-corrected chi connectivity index (χ3v) is 3.61. The molecule has 0 heterocycles. The van der Waals surface area contributed by atoms with E-state index < -0.39 is 0 Å². The molecular weight excluding hydrogens is 300 g/mol. The molecule has 5 heteroatoms. The van der Waals surface area contributed by atoms with Crippen molar-refractivity contribution in [1.29, 1.82) is 0 Å². The third kappa shape index (κ3) is 3.86. The van der Waals surface area contributed by atoms with E-state index in [-0.39, 0.29) is 18.2 Å². The summed E-state index contributed by atoms with van der Waals surface area (Å²) in [6.07, 6.45) is 0.251. The zero-order chi connectivity index (χ0) is 16.1. The number of hydrogen-bond donors (Lipinski definition) is 2. The fourth-order valence-corrected chi connectivity index (χ4v) is 2.26. The lowest BCUT2D eigenvalue weighted by molar-refractivity contribution is -0.115. The zero-order valence-corrected chi connectivity index (χ0v) is 13.2. The van der Waals surface area contributed by atoms with Gasteiger partial charge in [-0.3, -0.25) is 9.59 Å². The van der Waals surface area contributed by atoms with Crippen LogP contribution in [0.25, 0.3) is 0 Å². The summed E-state index contributed by atoms with van der Waals surface area (Å²) in [5.74, 6) is -0.314. The second kappa shape index (κ2) is 7.09. The van der Waals surface area contributed by atoms with Crippen LogP contribution in [-0.4, -0.2) is 18.9 Å². The molecule has 2 N–H and O–H groups in total. The number of benzene rings is 2. The highest BCUT2D eigenvalue weighted by atomic mass is 35.5. The lowest BCUT2D eigenvalue weighted by Gasteiger charge is -2.12. The highest BCUT2D eigenvalue weighted by molar-refractivity contribution is 6.30. The summed E-state index contributed by atoms with van der Waals surface area (Å²) >= 11 is 5.82. The lowest BCUT2D eigenvalue weighted by atomic mass is 10.1. The monoisotopic (exact) mass is 316 g/mol. The summed E-state index contributed by atoms with van der Waals surface area (Å²) in [6.45, 7) is 1.81. The van der Waals surface area contributed by atoms with E-state index in [9.17, 15) is 9.59 Å². The molecule has 22 heavy (non-hydrogen) atoms. The summed E-state index contributed by atoms with van der Waals surface area (Å²) < 4.78 is 0. The van der Waals surface area contributed by atoms with Gasteiger partial charge in [-0.2, -0.15) is 0 Å². The fraction of sp³-hybridized carbons (Fsp3) is 0.176. The van der Waals surface area contributed by atoms with Gasteiger partial charge in [-0.25, -0.2) is 0 Å². The van der Waals surface area contributed by atoms with Gasteiger partial charge in [0.25, 0.3) is 5.91 Å². The van der Waals surface area contributed by atoms with Gasteiger partial charge < -0.3 is 10.6 Å². The number of anilines is 1. The second-order valence-electron chi connectivity index (χ2n) is 4.91. The number of rotatable bonds is 4. The van der Waals surface area contributed by atoms with E-state index in [0.717, 1.165) is 11.1 Å². The molecule has 0 atom stereocenters. The fourth-order valence-electron chi connectivity index (χ4n) is 2.13. The maximum absolute atomic E-state index is 12.1. The minimum absolute atomic E-state index is 0.139. The Morgan fingerprint density at radius 2 is 1.77 bits per heavy atom. The average Bonchev–Trinajstić information content (AvgIpc) is 2.51. The van der Waals surface area contributed by atoms with Gasteiger partial charge in [0, 0.05) is 23.3 Å². The number of carbonyl (C=O) groups excluding carboxylic acids is 2. The topological polar surface area (TPSA) is 58.2 Å². The maximum atomic E-state index is 12.1. The molecule has 0 aliphatic carbocycles. The van der Waals surface area contributed by atoms with Gasteiger partial charge in [0.15, 0.2) is 0 Å². The molecule has 0 unspecified atom stereocenters. The Bertz CT molecular complexity index is 696. The lowest BCUT2D eigenvalue weighted by Crippen LogP contribution is -2.20. The first-order valence-electron chi connectivity index (χ1n) is 6.87. The maximum Gasteiger partial charge on any atom is 0.251 e. The second-order valence-corrected chi connectivity index (χ2v) is 5.35. The van der Waals surface area contributed by atoms with Crippen molar-refractivity contribution in [3.63, 3.8) is 0 Å². The quantitative estimate of drug-likeness (QED) is 0.910. The highest BCUT2D eigenvalue weighted by Crippen LogP contribution is 2.19. The van der Waals surface area contributed by atoms with Crippen molar-refractivity contribution < 1.29 is 9.59 Å². The van der Waals surface area contributed by atoms with Crippen molar-refractivity contribution in [2.24, 2.45) is 0 Å². The Morgan fingerprint density at radius 3 is 2.41 bits per heavy atom.